The Balaban J connectivity index is 1.68. The summed E-state index contributed by atoms with van der Waals surface area (Å²) >= 11 is 6.95. The monoisotopic (exact) mass is 418 g/mol. The van der Waals surface area contributed by atoms with Gasteiger partial charge >= 0.3 is 0 Å². The minimum atomic E-state index is -1.86. The van der Waals surface area contributed by atoms with Gasteiger partial charge in [0.25, 0.3) is 0 Å². The van der Waals surface area contributed by atoms with E-state index in [0.29, 0.717) is 11.8 Å². The van der Waals surface area contributed by atoms with Crippen LogP contribution < -0.4 is 4.43 Å². The van der Waals surface area contributed by atoms with E-state index >= 15 is 0 Å². The van der Waals surface area contributed by atoms with E-state index < -0.39 is 8.32 Å². The Bertz CT molecular complexity index is 774. The molecule has 0 saturated heterocycles. The Morgan fingerprint density at radius 2 is 1.75 bits per heavy atom. The largest absolute Gasteiger partial charge is 0.543 e. The van der Waals surface area contributed by atoms with Gasteiger partial charge in [-0.15, -0.1) is 11.6 Å². The number of hydrogen-bond acceptors (Lipinski definition) is 2. The number of allylic oxidation sites excluding steroid dienone is 1. The number of ether oxygens (including phenoxy) is 1. The maximum Gasteiger partial charge on any atom is 0.250 e. The molecule has 0 amide bonds. The summed E-state index contributed by atoms with van der Waals surface area (Å²) in [6, 6.07) is 8.56. The van der Waals surface area contributed by atoms with Crippen LogP contribution >= 0.6 is 11.6 Å². The predicted molar refractivity (Wildman–Crippen MR) is 120 cm³/mol. The molecule has 2 nitrogen and oxygen atoms in total. The van der Waals surface area contributed by atoms with Gasteiger partial charge < -0.3 is 9.16 Å². The van der Waals surface area contributed by atoms with Crippen LogP contribution in [0, 0.1) is 17.8 Å². The highest BCUT2D eigenvalue weighted by Gasteiger charge is 2.53. The molecular formula is C24H35ClO2Si. The quantitative estimate of drug-likeness (QED) is 0.291. The molecule has 4 aliphatic rings. The van der Waals surface area contributed by atoms with Crippen LogP contribution in [0.5, 0.6) is 5.75 Å². The summed E-state index contributed by atoms with van der Waals surface area (Å²) in [4.78, 5) is 0.0478. The molecule has 4 aliphatic carbocycles. The van der Waals surface area contributed by atoms with Gasteiger partial charge in [-0.2, -0.15) is 0 Å². The summed E-state index contributed by atoms with van der Waals surface area (Å²) in [5.41, 5.74) is 2.68. The maximum absolute atomic E-state index is 6.95. The Kier molecular flexibility index (Phi) is 4.94. The molecule has 0 spiro atoms. The van der Waals surface area contributed by atoms with Crippen LogP contribution in [0.25, 0.3) is 5.76 Å². The van der Waals surface area contributed by atoms with Crippen LogP contribution in [-0.2, 0) is 4.74 Å². The zero-order chi connectivity index (χ0) is 20.3. The standard InChI is InChI=1S/C24H35ClO2Si/c1-23(2,3)28(5,6)27-20-9-7-8-17(12-20)22(26-4)21-18-10-16-11-19(21)15-24(25,13-16)14-18/h7-9,12,16,18-19H,10-11,13-15H2,1-6H3/t16?,18-,19+,24?. The topological polar surface area (TPSA) is 18.5 Å². The summed E-state index contributed by atoms with van der Waals surface area (Å²) in [6.07, 6.45) is 6.02. The summed E-state index contributed by atoms with van der Waals surface area (Å²) < 4.78 is 12.6. The lowest BCUT2D eigenvalue weighted by atomic mass is 9.53. The van der Waals surface area contributed by atoms with Gasteiger partial charge in [0.15, 0.2) is 0 Å². The first-order valence-electron chi connectivity index (χ1n) is 10.8. The molecule has 0 radical (unpaired) electrons. The molecule has 4 fully saturated rings. The van der Waals surface area contributed by atoms with Crippen LogP contribution in [0.2, 0.25) is 18.1 Å². The van der Waals surface area contributed by atoms with E-state index in [4.69, 9.17) is 20.8 Å². The smallest absolute Gasteiger partial charge is 0.250 e. The Morgan fingerprint density at radius 1 is 1.11 bits per heavy atom. The normalized spacial score (nSPS) is 33.8. The van der Waals surface area contributed by atoms with Crippen molar-refractivity contribution in [1.82, 2.24) is 0 Å². The fourth-order valence-electron chi connectivity index (χ4n) is 5.61. The van der Waals surface area contributed by atoms with Crippen molar-refractivity contribution in [2.24, 2.45) is 17.8 Å². The summed E-state index contributed by atoms with van der Waals surface area (Å²) in [7, 11) is -0.0388. The van der Waals surface area contributed by atoms with E-state index in [1.807, 2.05) is 7.11 Å². The molecule has 4 atom stereocenters. The fourth-order valence-corrected chi connectivity index (χ4v) is 7.23. The second-order valence-corrected chi connectivity index (χ2v) is 16.4. The summed E-state index contributed by atoms with van der Waals surface area (Å²) in [5, 5.41) is 0.182. The lowest BCUT2D eigenvalue weighted by molar-refractivity contribution is 0.0843. The molecule has 4 heteroatoms. The summed E-state index contributed by atoms with van der Waals surface area (Å²) in [5.74, 6) is 4.03. The Labute approximate surface area is 176 Å². The van der Waals surface area contributed by atoms with E-state index in [1.54, 1.807) is 0 Å². The van der Waals surface area contributed by atoms with Crippen LogP contribution in [0.1, 0.15) is 58.4 Å². The number of alkyl halides is 1. The van der Waals surface area contributed by atoms with Crippen LogP contribution in [-0.4, -0.2) is 20.3 Å². The highest BCUT2D eigenvalue weighted by molar-refractivity contribution is 6.74. The maximum atomic E-state index is 6.95. The second kappa shape index (κ2) is 6.80. The van der Waals surface area contributed by atoms with Gasteiger partial charge in [-0.25, -0.2) is 0 Å². The van der Waals surface area contributed by atoms with Crippen molar-refractivity contribution in [2.45, 2.75) is 75.9 Å². The molecule has 4 saturated carbocycles. The zero-order valence-electron chi connectivity index (χ0n) is 18.3. The lowest BCUT2D eigenvalue weighted by Crippen LogP contribution is -2.48. The third kappa shape index (κ3) is 3.54. The highest BCUT2D eigenvalue weighted by atomic mass is 35.5. The number of rotatable bonds is 4. The first-order valence-corrected chi connectivity index (χ1v) is 14.1. The van der Waals surface area contributed by atoms with Crippen LogP contribution in [0.15, 0.2) is 29.8 Å². The molecule has 0 aromatic heterocycles. The van der Waals surface area contributed by atoms with E-state index in [0.717, 1.165) is 35.8 Å². The SMILES string of the molecule is COC(=C1[C@@H]2CC3C[C@H]1CC(Cl)(C3)C2)c1cccc(O[Si](C)(C)C(C)(C)C)c1. The van der Waals surface area contributed by atoms with E-state index in [1.165, 1.54) is 24.8 Å². The van der Waals surface area contributed by atoms with Crippen molar-refractivity contribution < 1.29 is 9.16 Å². The van der Waals surface area contributed by atoms with Crippen molar-refractivity contribution in [3.05, 3.63) is 35.4 Å². The molecule has 1 aromatic carbocycles. The molecule has 0 N–H and O–H groups in total. The van der Waals surface area contributed by atoms with Crippen LogP contribution in [0.3, 0.4) is 0 Å². The highest BCUT2D eigenvalue weighted by Crippen LogP contribution is 2.61. The van der Waals surface area contributed by atoms with Crippen molar-refractivity contribution in [2.75, 3.05) is 7.11 Å². The molecule has 154 valence electrons. The van der Waals surface area contributed by atoms with Gasteiger partial charge in [-0.05, 0) is 85.7 Å². The summed E-state index contributed by atoms with van der Waals surface area (Å²) in [6.45, 7) is 11.4. The van der Waals surface area contributed by atoms with Gasteiger partial charge in [0.2, 0.25) is 8.32 Å². The molecular weight excluding hydrogens is 384 g/mol. The lowest BCUT2D eigenvalue weighted by Gasteiger charge is -2.55. The van der Waals surface area contributed by atoms with E-state index in [2.05, 4.69) is 58.1 Å². The fraction of sp³-hybridized carbons (Fsp3) is 0.667. The molecule has 1 aromatic rings. The average molecular weight is 419 g/mol. The van der Waals surface area contributed by atoms with Gasteiger partial charge in [-0.3, -0.25) is 0 Å². The van der Waals surface area contributed by atoms with E-state index in [9.17, 15) is 0 Å². The average Bonchev–Trinajstić information content (AvgIpc) is 2.55. The number of halogens is 1. The van der Waals surface area contributed by atoms with Gasteiger partial charge in [0.05, 0.1) is 7.11 Å². The first kappa shape index (κ1) is 20.3. The van der Waals surface area contributed by atoms with Gasteiger partial charge in [-0.1, -0.05) is 32.9 Å². The minimum Gasteiger partial charge on any atom is -0.543 e. The van der Waals surface area contributed by atoms with Crippen LogP contribution in [0.4, 0.5) is 0 Å². The van der Waals surface area contributed by atoms with Crippen molar-refractivity contribution >= 4 is 25.7 Å². The molecule has 4 bridgehead atoms. The third-order valence-electron chi connectivity index (χ3n) is 7.74. The predicted octanol–water partition coefficient (Wildman–Crippen LogP) is 7.25. The molecule has 2 unspecified atom stereocenters. The number of benzene rings is 1. The molecule has 28 heavy (non-hydrogen) atoms. The number of hydrogen-bond donors (Lipinski definition) is 0. The Hall–Kier alpha value is -0.933. The van der Waals surface area contributed by atoms with Gasteiger partial charge in [0.1, 0.15) is 11.5 Å². The second-order valence-electron chi connectivity index (χ2n) is 10.9. The number of methoxy groups -OCH3 is 1. The van der Waals surface area contributed by atoms with Crippen molar-refractivity contribution in [3.8, 4) is 5.75 Å². The molecule has 0 heterocycles. The van der Waals surface area contributed by atoms with Crippen molar-refractivity contribution in [3.63, 3.8) is 0 Å². The minimum absolute atomic E-state index is 0.0478. The van der Waals surface area contributed by atoms with E-state index in [-0.39, 0.29) is 9.91 Å². The van der Waals surface area contributed by atoms with Crippen molar-refractivity contribution in [1.29, 1.82) is 0 Å². The third-order valence-corrected chi connectivity index (χ3v) is 12.6. The zero-order valence-corrected chi connectivity index (χ0v) is 20.0. The Morgan fingerprint density at radius 3 is 2.29 bits per heavy atom. The molecule has 5 rings (SSSR count). The van der Waals surface area contributed by atoms with Gasteiger partial charge in [0, 0.05) is 10.4 Å². The molecule has 0 aliphatic heterocycles. The first-order chi connectivity index (χ1) is 13.0.